The van der Waals surface area contributed by atoms with Gasteiger partial charge in [-0.15, -0.1) is 0 Å². The Morgan fingerprint density at radius 1 is 1.36 bits per heavy atom. The molecule has 0 aliphatic rings. The zero-order valence-electron chi connectivity index (χ0n) is 9.67. The summed E-state index contributed by atoms with van der Waals surface area (Å²) >= 11 is 0. The lowest BCUT2D eigenvalue weighted by atomic mass is 10.0. The van der Waals surface area contributed by atoms with Gasteiger partial charge in [0.2, 0.25) is 0 Å². The SMILES string of the molecule is CCc1nc(CC(C)CC)cnc1C. The summed E-state index contributed by atoms with van der Waals surface area (Å²) in [6.07, 6.45) is 5.15. The van der Waals surface area contributed by atoms with Crippen LogP contribution in [0, 0.1) is 12.8 Å². The van der Waals surface area contributed by atoms with Crippen molar-refractivity contribution in [1.29, 1.82) is 0 Å². The minimum absolute atomic E-state index is 0.705. The number of aryl methyl sites for hydroxylation is 2. The average Bonchev–Trinajstić information content (AvgIpc) is 2.20. The van der Waals surface area contributed by atoms with Crippen molar-refractivity contribution in [2.45, 2.75) is 47.0 Å². The highest BCUT2D eigenvalue weighted by Gasteiger charge is 2.05. The van der Waals surface area contributed by atoms with Gasteiger partial charge >= 0.3 is 0 Å². The van der Waals surface area contributed by atoms with Gasteiger partial charge in [0.15, 0.2) is 0 Å². The van der Waals surface area contributed by atoms with Crippen molar-refractivity contribution in [2.24, 2.45) is 5.92 Å². The molecule has 0 bridgehead atoms. The highest BCUT2D eigenvalue weighted by molar-refractivity contribution is 5.12. The third-order valence-electron chi connectivity index (χ3n) is 2.69. The molecule has 0 radical (unpaired) electrons. The molecule has 1 aromatic rings. The minimum Gasteiger partial charge on any atom is -0.258 e. The molecule has 1 aromatic heterocycles. The Balaban J connectivity index is 2.79. The van der Waals surface area contributed by atoms with Crippen LogP contribution >= 0.6 is 0 Å². The molecule has 14 heavy (non-hydrogen) atoms. The summed E-state index contributed by atoms with van der Waals surface area (Å²) in [5.41, 5.74) is 3.35. The molecule has 0 fully saturated rings. The Labute approximate surface area is 86.8 Å². The third kappa shape index (κ3) is 2.79. The molecule has 1 unspecified atom stereocenters. The topological polar surface area (TPSA) is 25.8 Å². The molecular weight excluding hydrogens is 172 g/mol. The third-order valence-corrected chi connectivity index (χ3v) is 2.69. The number of rotatable bonds is 4. The van der Waals surface area contributed by atoms with Crippen LogP contribution in [0.15, 0.2) is 6.20 Å². The predicted molar refractivity (Wildman–Crippen MR) is 59.3 cm³/mol. The van der Waals surface area contributed by atoms with E-state index in [0.29, 0.717) is 5.92 Å². The fourth-order valence-corrected chi connectivity index (χ4v) is 1.46. The van der Waals surface area contributed by atoms with E-state index in [1.54, 1.807) is 0 Å². The van der Waals surface area contributed by atoms with Crippen LogP contribution in [0.25, 0.3) is 0 Å². The Bertz CT molecular complexity index is 294. The van der Waals surface area contributed by atoms with E-state index in [9.17, 15) is 0 Å². The Hall–Kier alpha value is -0.920. The fourth-order valence-electron chi connectivity index (χ4n) is 1.46. The summed E-state index contributed by atoms with van der Waals surface area (Å²) in [5, 5.41) is 0. The van der Waals surface area contributed by atoms with Crippen LogP contribution in [0.4, 0.5) is 0 Å². The van der Waals surface area contributed by atoms with E-state index in [1.807, 2.05) is 13.1 Å². The van der Waals surface area contributed by atoms with Crippen molar-refractivity contribution in [3.8, 4) is 0 Å². The number of hydrogen-bond acceptors (Lipinski definition) is 2. The number of nitrogens with zero attached hydrogens (tertiary/aromatic N) is 2. The molecular formula is C12H20N2. The first-order valence-electron chi connectivity index (χ1n) is 5.48. The molecule has 0 saturated heterocycles. The highest BCUT2D eigenvalue weighted by atomic mass is 14.8. The summed E-state index contributed by atoms with van der Waals surface area (Å²) in [6.45, 7) is 8.63. The Kier molecular flexibility index (Phi) is 4.05. The van der Waals surface area contributed by atoms with Gasteiger partial charge in [-0.1, -0.05) is 27.2 Å². The average molecular weight is 192 g/mol. The second-order valence-electron chi connectivity index (χ2n) is 3.96. The molecule has 0 aliphatic heterocycles. The van der Waals surface area contributed by atoms with Crippen LogP contribution in [0.5, 0.6) is 0 Å². The van der Waals surface area contributed by atoms with Crippen LogP contribution in [0.3, 0.4) is 0 Å². The summed E-state index contributed by atoms with van der Waals surface area (Å²) in [4.78, 5) is 8.99. The second kappa shape index (κ2) is 5.08. The van der Waals surface area contributed by atoms with Gasteiger partial charge in [0.25, 0.3) is 0 Å². The van der Waals surface area contributed by atoms with Crippen LogP contribution in [-0.4, -0.2) is 9.97 Å². The monoisotopic (exact) mass is 192 g/mol. The van der Waals surface area contributed by atoms with Crippen molar-refractivity contribution >= 4 is 0 Å². The van der Waals surface area contributed by atoms with Gasteiger partial charge in [0, 0.05) is 6.20 Å². The van der Waals surface area contributed by atoms with E-state index in [1.165, 1.54) is 6.42 Å². The molecule has 0 saturated carbocycles. The molecule has 0 aliphatic carbocycles. The Morgan fingerprint density at radius 3 is 2.64 bits per heavy atom. The second-order valence-corrected chi connectivity index (χ2v) is 3.96. The Morgan fingerprint density at radius 2 is 2.07 bits per heavy atom. The molecule has 0 aromatic carbocycles. The van der Waals surface area contributed by atoms with Crippen LogP contribution in [0.2, 0.25) is 0 Å². The molecule has 1 rings (SSSR count). The molecule has 2 heteroatoms. The summed E-state index contributed by atoms with van der Waals surface area (Å²) < 4.78 is 0. The maximum atomic E-state index is 4.62. The summed E-state index contributed by atoms with van der Waals surface area (Å²) in [6, 6.07) is 0. The van der Waals surface area contributed by atoms with E-state index in [4.69, 9.17) is 0 Å². The first kappa shape index (κ1) is 11.2. The minimum atomic E-state index is 0.705. The molecule has 78 valence electrons. The number of hydrogen-bond donors (Lipinski definition) is 0. The van der Waals surface area contributed by atoms with Gasteiger partial charge in [-0.2, -0.15) is 0 Å². The summed E-state index contributed by atoms with van der Waals surface area (Å²) in [7, 11) is 0. The maximum Gasteiger partial charge on any atom is 0.0616 e. The van der Waals surface area contributed by atoms with E-state index in [2.05, 4.69) is 30.7 Å². The van der Waals surface area contributed by atoms with Crippen molar-refractivity contribution < 1.29 is 0 Å². The zero-order valence-corrected chi connectivity index (χ0v) is 9.67. The van der Waals surface area contributed by atoms with Gasteiger partial charge < -0.3 is 0 Å². The molecule has 0 amide bonds. The van der Waals surface area contributed by atoms with E-state index in [-0.39, 0.29) is 0 Å². The lowest BCUT2D eigenvalue weighted by Gasteiger charge is -2.09. The maximum absolute atomic E-state index is 4.62. The zero-order chi connectivity index (χ0) is 10.6. The molecule has 1 atom stereocenters. The smallest absolute Gasteiger partial charge is 0.0616 e. The van der Waals surface area contributed by atoms with Crippen molar-refractivity contribution in [1.82, 2.24) is 9.97 Å². The molecule has 2 nitrogen and oxygen atoms in total. The van der Waals surface area contributed by atoms with Crippen molar-refractivity contribution in [3.05, 3.63) is 23.3 Å². The van der Waals surface area contributed by atoms with E-state index >= 15 is 0 Å². The molecule has 0 spiro atoms. The number of aromatic nitrogens is 2. The predicted octanol–water partition coefficient (Wildman–Crippen LogP) is 2.94. The van der Waals surface area contributed by atoms with E-state index in [0.717, 1.165) is 29.9 Å². The van der Waals surface area contributed by atoms with Gasteiger partial charge in [-0.25, -0.2) is 0 Å². The van der Waals surface area contributed by atoms with Crippen LogP contribution < -0.4 is 0 Å². The standard InChI is InChI=1S/C12H20N2/c1-5-9(3)7-11-8-13-10(4)12(6-2)14-11/h8-9H,5-7H2,1-4H3. The van der Waals surface area contributed by atoms with Crippen LogP contribution in [-0.2, 0) is 12.8 Å². The lowest BCUT2D eigenvalue weighted by Crippen LogP contribution is -2.05. The van der Waals surface area contributed by atoms with Crippen molar-refractivity contribution in [2.75, 3.05) is 0 Å². The first-order valence-corrected chi connectivity index (χ1v) is 5.48. The van der Waals surface area contributed by atoms with Gasteiger partial charge in [0.1, 0.15) is 0 Å². The van der Waals surface area contributed by atoms with E-state index < -0.39 is 0 Å². The first-order chi connectivity index (χ1) is 6.67. The van der Waals surface area contributed by atoms with Gasteiger partial charge in [-0.3, -0.25) is 9.97 Å². The normalized spacial score (nSPS) is 12.9. The fraction of sp³-hybridized carbons (Fsp3) is 0.667. The van der Waals surface area contributed by atoms with Crippen LogP contribution in [0.1, 0.15) is 44.3 Å². The van der Waals surface area contributed by atoms with Crippen molar-refractivity contribution in [3.63, 3.8) is 0 Å². The highest BCUT2D eigenvalue weighted by Crippen LogP contribution is 2.10. The molecule has 0 N–H and O–H groups in total. The van der Waals surface area contributed by atoms with Gasteiger partial charge in [-0.05, 0) is 25.7 Å². The van der Waals surface area contributed by atoms with Gasteiger partial charge in [0.05, 0.1) is 17.1 Å². The molecule has 1 heterocycles. The largest absolute Gasteiger partial charge is 0.258 e. The summed E-state index contributed by atoms with van der Waals surface area (Å²) in [5.74, 6) is 0.705. The quantitative estimate of drug-likeness (QED) is 0.733. The lowest BCUT2D eigenvalue weighted by molar-refractivity contribution is 0.549.